The van der Waals surface area contributed by atoms with Crippen LogP contribution in [0.5, 0.6) is 0 Å². The first-order valence-electron chi connectivity index (χ1n) is 8.33. The largest absolute Gasteiger partial charge is 0.322 e. The first-order valence-corrected chi connectivity index (χ1v) is 8.33. The summed E-state index contributed by atoms with van der Waals surface area (Å²) in [6.45, 7) is 4.06. The zero-order valence-corrected chi connectivity index (χ0v) is 14.5. The van der Waals surface area contributed by atoms with Crippen LogP contribution in [0, 0.1) is 13.8 Å². The number of rotatable bonds is 4. The highest BCUT2D eigenvalue weighted by Crippen LogP contribution is 2.21. The summed E-state index contributed by atoms with van der Waals surface area (Å²) in [4.78, 5) is 13.0. The van der Waals surface area contributed by atoms with Gasteiger partial charge < -0.3 is 5.32 Å². The second-order valence-corrected chi connectivity index (χ2v) is 6.17. The van der Waals surface area contributed by atoms with E-state index in [4.69, 9.17) is 0 Å². The maximum atomic E-state index is 13.0. The van der Waals surface area contributed by atoms with Gasteiger partial charge in [-0.1, -0.05) is 66.7 Å². The third-order valence-electron chi connectivity index (χ3n) is 3.92. The van der Waals surface area contributed by atoms with Gasteiger partial charge in [0, 0.05) is 11.3 Å². The van der Waals surface area contributed by atoms with E-state index in [0.29, 0.717) is 5.57 Å². The first kappa shape index (κ1) is 16.7. The number of aryl methyl sites for hydroxylation is 2. The number of hydrogen-bond donors (Lipinski definition) is 1. The van der Waals surface area contributed by atoms with Crippen LogP contribution in [0.4, 0.5) is 5.69 Å². The Balaban J connectivity index is 1.96. The Morgan fingerprint density at radius 3 is 1.96 bits per heavy atom. The summed E-state index contributed by atoms with van der Waals surface area (Å²) in [6.07, 6.45) is 1.92. The summed E-state index contributed by atoms with van der Waals surface area (Å²) in [5.74, 6) is -0.111. The van der Waals surface area contributed by atoms with E-state index in [1.807, 2.05) is 92.7 Å². The van der Waals surface area contributed by atoms with E-state index in [9.17, 15) is 4.79 Å². The minimum atomic E-state index is -0.111. The predicted molar refractivity (Wildman–Crippen MR) is 105 cm³/mol. The number of amides is 1. The first-order chi connectivity index (χ1) is 12.1. The molecule has 25 heavy (non-hydrogen) atoms. The van der Waals surface area contributed by atoms with Crippen molar-refractivity contribution >= 4 is 23.2 Å². The quantitative estimate of drug-likeness (QED) is 0.499. The molecule has 0 aliphatic carbocycles. The van der Waals surface area contributed by atoms with Crippen LogP contribution in [-0.2, 0) is 4.79 Å². The highest BCUT2D eigenvalue weighted by molar-refractivity contribution is 6.29. The molecular weight excluding hydrogens is 306 g/mol. The smallest absolute Gasteiger partial charge is 0.256 e. The lowest BCUT2D eigenvalue weighted by Crippen LogP contribution is -2.14. The van der Waals surface area contributed by atoms with Crippen molar-refractivity contribution in [1.82, 2.24) is 0 Å². The van der Waals surface area contributed by atoms with Crippen molar-refractivity contribution in [1.29, 1.82) is 0 Å². The molecule has 3 aromatic carbocycles. The van der Waals surface area contributed by atoms with Gasteiger partial charge in [-0.2, -0.15) is 0 Å². The highest BCUT2D eigenvalue weighted by Gasteiger charge is 2.12. The topological polar surface area (TPSA) is 29.1 Å². The summed E-state index contributed by atoms with van der Waals surface area (Å²) in [5, 5.41) is 3.04. The molecule has 2 nitrogen and oxygen atoms in total. The molecule has 2 heteroatoms. The van der Waals surface area contributed by atoms with Crippen LogP contribution in [0.2, 0.25) is 0 Å². The third kappa shape index (κ3) is 4.45. The van der Waals surface area contributed by atoms with Crippen LogP contribution in [0.15, 0.2) is 78.9 Å². The van der Waals surface area contributed by atoms with Crippen molar-refractivity contribution in [2.45, 2.75) is 13.8 Å². The van der Waals surface area contributed by atoms with Gasteiger partial charge in [-0.15, -0.1) is 0 Å². The molecule has 0 heterocycles. The van der Waals surface area contributed by atoms with Gasteiger partial charge in [0.15, 0.2) is 0 Å². The fraction of sp³-hybridized carbons (Fsp3) is 0.0870. The number of benzene rings is 3. The molecule has 0 bridgehead atoms. The number of hydrogen-bond acceptors (Lipinski definition) is 1. The van der Waals surface area contributed by atoms with E-state index in [0.717, 1.165) is 27.9 Å². The predicted octanol–water partition coefficient (Wildman–Crippen LogP) is 5.48. The molecule has 0 radical (unpaired) electrons. The summed E-state index contributed by atoms with van der Waals surface area (Å²) < 4.78 is 0. The fourth-order valence-electron chi connectivity index (χ4n) is 2.86. The van der Waals surface area contributed by atoms with Gasteiger partial charge in [0.25, 0.3) is 5.91 Å². The Labute approximate surface area is 148 Å². The standard InChI is InChI=1S/C23H21NO/c1-17-13-18(2)15-21(14-17)24-23(25)22(20-11-7-4-8-12-20)16-19-9-5-3-6-10-19/h3-16H,1-2H3,(H,24,25)/b22-16+. The minimum absolute atomic E-state index is 0.111. The van der Waals surface area contributed by atoms with E-state index in [1.165, 1.54) is 0 Å². The number of carbonyl (C=O) groups is 1. The van der Waals surface area contributed by atoms with E-state index in [-0.39, 0.29) is 5.91 Å². The van der Waals surface area contributed by atoms with Crippen molar-refractivity contribution in [2.24, 2.45) is 0 Å². The van der Waals surface area contributed by atoms with Crippen molar-refractivity contribution in [3.8, 4) is 0 Å². The summed E-state index contributed by atoms with van der Waals surface area (Å²) >= 11 is 0. The van der Waals surface area contributed by atoms with Gasteiger partial charge in [-0.3, -0.25) is 4.79 Å². The number of anilines is 1. The second-order valence-electron chi connectivity index (χ2n) is 6.17. The Hall–Kier alpha value is -3.13. The van der Waals surface area contributed by atoms with Crippen LogP contribution < -0.4 is 5.32 Å². The minimum Gasteiger partial charge on any atom is -0.322 e. The number of carbonyl (C=O) groups excluding carboxylic acids is 1. The lowest BCUT2D eigenvalue weighted by molar-refractivity contribution is -0.111. The maximum Gasteiger partial charge on any atom is 0.256 e. The van der Waals surface area contributed by atoms with Crippen molar-refractivity contribution in [2.75, 3.05) is 5.32 Å². The van der Waals surface area contributed by atoms with Gasteiger partial charge in [0.05, 0.1) is 0 Å². The Morgan fingerprint density at radius 2 is 1.36 bits per heavy atom. The zero-order chi connectivity index (χ0) is 17.6. The van der Waals surface area contributed by atoms with Crippen LogP contribution in [0.3, 0.4) is 0 Å². The Morgan fingerprint density at radius 1 is 0.800 bits per heavy atom. The summed E-state index contributed by atoms with van der Waals surface area (Å²) in [6, 6.07) is 25.7. The lowest BCUT2D eigenvalue weighted by Gasteiger charge is -2.11. The Kier molecular flexibility index (Phi) is 5.10. The SMILES string of the molecule is Cc1cc(C)cc(NC(=O)/C(=C/c2ccccc2)c2ccccc2)c1. The van der Waals surface area contributed by atoms with E-state index in [1.54, 1.807) is 0 Å². The monoisotopic (exact) mass is 327 g/mol. The third-order valence-corrected chi connectivity index (χ3v) is 3.92. The van der Waals surface area contributed by atoms with Gasteiger partial charge >= 0.3 is 0 Å². The van der Waals surface area contributed by atoms with Crippen LogP contribution in [-0.4, -0.2) is 5.91 Å². The normalized spacial score (nSPS) is 11.2. The highest BCUT2D eigenvalue weighted by atomic mass is 16.1. The second kappa shape index (κ2) is 7.63. The molecule has 124 valence electrons. The molecule has 0 aliphatic heterocycles. The molecule has 0 saturated heterocycles. The molecule has 0 atom stereocenters. The maximum absolute atomic E-state index is 13.0. The van der Waals surface area contributed by atoms with E-state index >= 15 is 0 Å². The molecule has 3 aromatic rings. The zero-order valence-electron chi connectivity index (χ0n) is 14.5. The molecular formula is C23H21NO. The average Bonchev–Trinajstić information content (AvgIpc) is 2.60. The van der Waals surface area contributed by atoms with Crippen molar-refractivity contribution in [3.05, 3.63) is 101 Å². The van der Waals surface area contributed by atoms with Gasteiger partial charge in [-0.05, 0) is 54.3 Å². The molecule has 1 amide bonds. The van der Waals surface area contributed by atoms with Crippen LogP contribution in [0.1, 0.15) is 22.3 Å². The molecule has 1 N–H and O–H groups in total. The van der Waals surface area contributed by atoms with E-state index in [2.05, 4.69) is 11.4 Å². The van der Waals surface area contributed by atoms with E-state index < -0.39 is 0 Å². The van der Waals surface area contributed by atoms with Crippen molar-refractivity contribution < 1.29 is 4.79 Å². The molecule has 0 saturated carbocycles. The van der Waals surface area contributed by atoms with Crippen LogP contribution >= 0.6 is 0 Å². The van der Waals surface area contributed by atoms with Gasteiger partial charge in [0.2, 0.25) is 0 Å². The summed E-state index contributed by atoms with van der Waals surface area (Å²) in [5.41, 5.74) is 5.61. The Bertz CT molecular complexity index is 876. The lowest BCUT2D eigenvalue weighted by atomic mass is 10.0. The molecule has 0 spiro atoms. The van der Waals surface area contributed by atoms with Gasteiger partial charge in [-0.25, -0.2) is 0 Å². The molecule has 3 rings (SSSR count). The molecule has 0 fully saturated rings. The fourth-order valence-corrected chi connectivity index (χ4v) is 2.86. The molecule has 0 aromatic heterocycles. The molecule has 0 unspecified atom stereocenters. The van der Waals surface area contributed by atoms with Gasteiger partial charge in [0.1, 0.15) is 0 Å². The number of nitrogens with one attached hydrogen (secondary N) is 1. The van der Waals surface area contributed by atoms with Crippen LogP contribution in [0.25, 0.3) is 11.6 Å². The summed E-state index contributed by atoms with van der Waals surface area (Å²) in [7, 11) is 0. The molecule has 0 aliphatic rings. The average molecular weight is 327 g/mol. The van der Waals surface area contributed by atoms with Crippen molar-refractivity contribution in [3.63, 3.8) is 0 Å².